The Hall–Kier alpha value is -0.570. The van der Waals surface area contributed by atoms with Crippen molar-refractivity contribution in [2.75, 3.05) is 26.2 Å². The van der Waals surface area contributed by atoms with E-state index in [9.17, 15) is 4.79 Å². The highest BCUT2D eigenvalue weighted by Gasteiger charge is 2.27. The molecule has 0 spiro atoms. The molecule has 1 saturated heterocycles. The van der Waals surface area contributed by atoms with Crippen LogP contribution in [0, 0.1) is 17.8 Å². The molecule has 0 aromatic carbocycles. The summed E-state index contributed by atoms with van der Waals surface area (Å²) in [6.07, 6.45) is 3.38. The van der Waals surface area contributed by atoms with Crippen LogP contribution in [0.5, 0.6) is 0 Å². The number of nitrogens with zero attached hydrogens (tertiary/aromatic N) is 1. The first-order valence-electron chi connectivity index (χ1n) is 7.41. The SMILES string of the molecule is CCOC(=O)[C@H]1CCCN(C[C@@H](C)CC(C)C)C1. The van der Waals surface area contributed by atoms with Gasteiger partial charge >= 0.3 is 5.97 Å². The van der Waals surface area contributed by atoms with Crippen molar-refractivity contribution in [2.24, 2.45) is 17.8 Å². The molecule has 0 amide bonds. The number of esters is 1. The zero-order chi connectivity index (χ0) is 13.5. The van der Waals surface area contributed by atoms with Gasteiger partial charge in [0.15, 0.2) is 0 Å². The lowest BCUT2D eigenvalue weighted by Gasteiger charge is -2.33. The summed E-state index contributed by atoms with van der Waals surface area (Å²) in [6, 6.07) is 0. The molecule has 1 fully saturated rings. The van der Waals surface area contributed by atoms with Crippen molar-refractivity contribution in [3.05, 3.63) is 0 Å². The summed E-state index contributed by atoms with van der Waals surface area (Å²) in [5.74, 6) is 1.57. The van der Waals surface area contributed by atoms with E-state index in [1.807, 2.05) is 6.92 Å². The molecule has 2 atom stereocenters. The van der Waals surface area contributed by atoms with Crippen LogP contribution in [0.1, 0.15) is 47.0 Å². The third kappa shape index (κ3) is 5.38. The topological polar surface area (TPSA) is 29.5 Å². The lowest BCUT2D eigenvalue weighted by molar-refractivity contribution is -0.150. The van der Waals surface area contributed by atoms with Gasteiger partial charge in [-0.25, -0.2) is 0 Å². The van der Waals surface area contributed by atoms with Gasteiger partial charge < -0.3 is 9.64 Å². The molecule has 0 aromatic rings. The minimum atomic E-state index is -0.00119. The fraction of sp³-hybridized carbons (Fsp3) is 0.933. The minimum absolute atomic E-state index is 0.00119. The summed E-state index contributed by atoms with van der Waals surface area (Å²) in [5, 5.41) is 0. The predicted octanol–water partition coefficient (Wildman–Crippen LogP) is 2.94. The van der Waals surface area contributed by atoms with Gasteiger partial charge in [-0.05, 0) is 44.6 Å². The highest BCUT2D eigenvalue weighted by molar-refractivity contribution is 5.72. The van der Waals surface area contributed by atoms with Gasteiger partial charge in [0.05, 0.1) is 12.5 Å². The lowest BCUT2D eigenvalue weighted by Crippen LogP contribution is -2.41. The van der Waals surface area contributed by atoms with Gasteiger partial charge in [0.1, 0.15) is 0 Å². The fourth-order valence-electron chi connectivity index (χ4n) is 2.99. The van der Waals surface area contributed by atoms with Crippen molar-refractivity contribution in [3.63, 3.8) is 0 Å². The summed E-state index contributed by atoms with van der Waals surface area (Å²) in [4.78, 5) is 14.2. The van der Waals surface area contributed by atoms with Crippen LogP contribution in [0.3, 0.4) is 0 Å². The Morgan fingerprint density at radius 2 is 2.11 bits per heavy atom. The van der Waals surface area contributed by atoms with E-state index in [0.717, 1.165) is 38.4 Å². The minimum Gasteiger partial charge on any atom is -0.466 e. The summed E-state index contributed by atoms with van der Waals surface area (Å²) < 4.78 is 5.13. The van der Waals surface area contributed by atoms with E-state index >= 15 is 0 Å². The first kappa shape index (κ1) is 15.5. The van der Waals surface area contributed by atoms with E-state index in [1.54, 1.807) is 0 Å². The third-order valence-electron chi connectivity index (χ3n) is 3.57. The standard InChI is InChI=1S/C15H29NO2/c1-5-18-15(17)14-7-6-8-16(11-14)10-13(4)9-12(2)3/h12-14H,5-11H2,1-4H3/t13-,14-/m0/s1. The van der Waals surface area contributed by atoms with Crippen LogP contribution in [-0.2, 0) is 9.53 Å². The molecule has 0 unspecified atom stereocenters. The Balaban J connectivity index is 2.36. The first-order valence-corrected chi connectivity index (χ1v) is 7.41. The van der Waals surface area contributed by atoms with Crippen molar-refractivity contribution in [3.8, 4) is 0 Å². The third-order valence-corrected chi connectivity index (χ3v) is 3.57. The summed E-state index contributed by atoms with van der Waals surface area (Å²) in [5.41, 5.74) is 0. The van der Waals surface area contributed by atoms with Crippen LogP contribution in [0.25, 0.3) is 0 Å². The van der Waals surface area contributed by atoms with E-state index < -0.39 is 0 Å². The normalized spacial score (nSPS) is 23.1. The van der Waals surface area contributed by atoms with Crippen LogP contribution in [0.15, 0.2) is 0 Å². The van der Waals surface area contributed by atoms with Gasteiger partial charge in [0.2, 0.25) is 0 Å². The summed E-state index contributed by atoms with van der Waals surface area (Å²) >= 11 is 0. The molecule has 1 rings (SSSR count). The molecule has 1 aliphatic rings. The second-order valence-electron chi connectivity index (χ2n) is 6.09. The van der Waals surface area contributed by atoms with Gasteiger partial charge in [-0.3, -0.25) is 4.79 Å². The number of carbonyl (C=O) groups excluding carboxylic acids is 1. The average Bonchev–Trinajstić information content (AvgIpc) is 2.28. The monoisotopic (exact) mass is 255 g/mol. The molecule has 3 heteroatoms. The number of likely N-dealkylation sites (tertiary alicyclic amines) is 1. The van der Waals surface area contributed by atoms with Crippen LogP contribution in [-0.4, -0.2) is 37.1 Å². The van der Waals surface area contributed by atoms with Crippen molar-refractivity contribution in [1.82, 2.24) is 4.90 Å². The number of rotatable bonds is 6. The Morgan fingerprint density at radius 3 is 2.72 bits per heavy atom. The maximum absolute atomic E-state index is 11.8. The van der Waals surface area contributed by atoms with E-state index in [4.69, 9.17) is 4.74 Å². The molecule has 18 heavy (non-hydrogen) atoms. The number of carbonyl (C=O) groups is 1. The number of piperidine rings is 1. The Morgan fingerprint density at radius 1 is 1.39 bits per heavy atom. The Bertz CT molecular complexity index is 253. The Kier molecular flexibility index (Phi) is 6.69. The van der Waals surface area contributed by atoms with E-state index in [2.05, 4.69) is 25.7 Å². The quantitative estimate of drug-likeness (QED) is 0.683. The average molecular weight is 255 g/mol. The molecule has 1 heterocycles. The zero-order valence-electron chi connectivity index (χ0n) is 12.4. The molecule has 106 valence electrons. The van der Waals surface area contributed by atoms with Crippen molar-refractivity contribution < 1.29 is 9.53 Å². The second kappa shape index (κ2) is 7.78. The van der Waals surface area contributed by atoms with E-state index in [0.29, 0.717) is 12.5 Å². The van der Waals surface area contributed by atoms with Crippen LogP contribution < -0.4 is 0 Å². The van der Waals surface area contributed by atoms with E-state index in [1.165, 1.54) is 6.42 Å². The first-order chi connectivity index (χ1) is 8.52. The Labute approximate surface area is 112 Å². The molecule has 0 aromatic heterocycles. The fourth-order valence-corrected chi connectivity index (χ4v) is 2.99. The lowest BCUT2D eigenvalue weighted by atomic mass is 9.94. The molecule has 0 aliphatic carbocycles. The largest absolute Gasteiger partial charge is 0.466 e. The molecule has 0 bridgehead atoms. The van der Waals surface area contributed by atoms with Crippen LogP contribution in [0.4, 0.5) is 0 Å². The number of ether oxygens (including phenoxy) is 1. The molecular weight excluding hydrogens is 226 g/mol. The molecule has 0 N–H and O–H groups in total. The maximum atomic E-state index is 11.8. The van der Waals surface area contributed by atoms with Crippen LogP contribution in [0.2, 0.25) is 0 Å². The molecule has 3 nitrogen and oxygen atoms in total. The van der Waals surface area contributed by atoms with Gasteiger partial charge in [-0.2, -0.15) is 0 Å². The van der Waals surface area contributed by atoms with Crippen molar-refractivity contribution in [2.45, 2.75) is 47.0 Å². The second-order valence-corrected chi connectivity index (χ2v) is 6.09. The summed E-state index contributed by atoms with van der Waals surface area (Å²) in [7, 11) is 0. The van der Waals surface area contributed by atoms with Gasteiger partial charge in [-0.15, -0.1) is 0 Å². The van der Waals surface area contributed by atoms with Crippen LogP contribution >= 0.6 is 0 Å². The van der Waals surface area contributed by atoms with Crippen molar-refractivity contribution >= 4 is 5.97 Å². The number of hydrogen-bond acceptors (Lipinski definition) is 3. The molecule has 0 saturated carbocycles. The molecule has 0 radical (unpaired) electrons. The van der Waals surface area contributed by atoms with Gasteiger partial charge in [-0.1, -0.05) is 20.8 Å². The molecular formula is C15H29NO2. The number of hydrogen-bond donors (Lipinski definition) is 0. The zero-order valence-corrected chi connectivity index (χ0v) is 12.4. The molecule has 1 aliphatic heterocycles. The van der Waals surface area contributed by atoms with Crippen molar-refractivity contribution in [1.29, 1.82) is 0 Å². The highest BCUT2D eigenvalue weighted by Crippen LogP contribution is 2.20. The smallest absolute Gasteiger partial charge is 0.310 e. The van der Waals surface area contributed by atoms with Gasteiger partial charge in [0.25, 0.3) is 0 Å². The van der Waals surface area contributed by atoms with Gasteiger partial charge in [0, 0.05) is 13.1 Å². The summed E-state index contributed by atoms with van der Waals surface area (Å²) in [6.45, 7) is 12.4. The van der Waals surface area contributed by atoms with E-state index in [-0.39, 0.29) is 11.9 Å². The predicted molar refractivity (Wildman–Crippen MR) is 74.4 cm³/mol. The highest BCUT2D eigenvalue weighted by atomic mass is 16.5. The maximum Gasteiger partial charge on any atom is 0.310 e.